The van der Waals surface area contributed by atoms with Gasteiger partial charge in [0.05, 0.1) is 6.04 Å². The quantitative estimate of drug-likeness (QED) is 0.449. The summed E-state index contributed by atoms with van der Waals surface area (Å²) in [4.78, 5) is 29.2. The van der Waals surface area contributed by atoms with Crippen LogP contribution in [0.5, 0.6) is 0 Å². The molecule has 1 saturated carbocycles. The second-order valence-corrected chi connectivity index (χ2v) is 5.13. The van der Waals surface area contributed by atoms with Crippen LogP contribution in [0.15, 0.2) is 4.99 Å². The smallest absolute Gasteiger partial charge is 0.245 e. The van der Waals surface area contributed by atoms with E-state index >= 15 is 0 Å². The van der Waals surface area contributed by atoms with Crippen molar-refractivity contribution in [2.24, 2.45) is 22.4 Å². The van der Waals surface area contributed by atoms with Crippen molar-refractivity contribution in [2.45, 2.75) is 38.3 Å². The summed E-state index contributed by atoms with van der Waals surface area (Å²) >= 11 is 0. The van der Waals surface area contributed by atoms with E-state index in [0.717, 1.165) is 19.3 Å². The third-order valence-corrected chi connectivity index (χ3v) is 3.34. The van der Waals surface area contributed by atoms with Gasteiger partial charge in [-0.25, -0.2) is 4.99 Å². The fourth-order valence-electron chi connectivity index (χ4n) is 2.56. The molecule has 1 unspecified atom stereocenters. The van der Waals surface area contributed by atoms with E-state index in [1.165, 1.54) is 11.8 Å². The molecule has 0 saturated heterocycles. The van der Waals surface area contributed by atoms with E-state index in [2.05, 4.69) is 10.3 Å². The fraction of sp³-hybridized carbons (Fsp3) is 0.750. The molecule has 0 aromatic heterocycles. The molecule has 0 aliphatic heterocycles. The molecule has 108 valence electrons. The molecule has 1 aliphatic rings. The lowest BCUT2D eigenvalue weighted by molar-refractivity contribution is -0.135. The first-order valence-electron chi connectivity index (χ1n) is 6.40. The highest BCUT2D eigenvalue weighted by Gasteiger charge is 2.38. The largest absolute Gasteiger partial charge is 0.370 e. The third kappa shape index (κ3) is 4.11. The highest BCUT2D eigenvalue weighted by molar-refractivity contribution is 5.87. The zero-order chi connectivity index (χ0) is 14.6. The van der Waals surface area contributed by atoms with Gasteiger partial charge in [0.15, 0.2) is 5.96 Å². The van der Waals surface area contributed by atoms with E-state index in [-0.39, 0.29) is 29.7 Å². The molecule has 7 heteroatoms. The van der Waals surface area contributed by atoms with Crippen LogP contribution in [-0.2, 0) is 9.59 Å². The van der Waals surface area contributed by atoms with Gasteiger partial charge in [-0.1, -0.05) is 6.42 Å². The Kier molecular flexibility index (Phi) is 5.14. The molecule has 0 bridgehead atoms. The molecule has 0 aromatic rings. The third-order valence-electron chi connectivity index (χ3n) is 3.34. The highest BCUT2D eigenvalue weighted by atomic mass is 16.2. The predicted octanol–water partition coefficient (Wildman–Crippen LogP) is -0.979. The van der Waals surface area contributed by atoms with Gasteiger partial charge in [0.1, 0.15) is 6.04 Å². The highest BCUT2D eigenvalue weighted by Crippen LogP contribution is 2.31. The van der Waals surface area contributed by atoms with Crippen molar-refractivity contribution in [3.05, 3.63) is 0 Å². The molecule has 2 amide bonds. The zero-order valence-electron chi connectivity index (χ0n) is 11.7. The Morgan fingerprint density at radius 3 is 2.42 bits per heavy atom. The van der Waals surface area contributed by atoms with Crippen LogP contribution < -0.4 is 16.8 Å². The molecule has 1 aliphatic carbocycles. The van der Waals surface area contributed by atoms with Crippen LogP contribution in [0.2, 0.25) is 0 Å². The zero-order valence-corrected chi connectivity index (χ0v) is 11.7. The van der Waals surface area contributed by atoms with E-state index in [4.69, 9.17) is 11.5 Å². The van der Waals surface area contributed by atoms with Gasteiger partial charge in [0.25, 0.3) is 0 Å². The minimum atomic E-state index is -0.567. The monoisotopic (exact) mass is 269 g/mol. The van der Waals surface area contributed by atoms with Crippen molar-refractivity contribution in [2.75, 3.05) is 14.1 Å². The maximum atomic E-state index is 12.2. The molecule has 1 fully saturated rings. The normalized spacial score (nSPS) is 23.5. The molecule has 0 radical (unpaired) electrons. The van der Waals surface area contributed by atoms with Gasteiger partial charge >= 0.3 is 0 Å². The molecule has 7 nitrogen and oxygen atoms in total. The maximum absolute atomic E-state index is 12.2. The van der Waals surface area contributed by atoms with Gasteiger partial charge in [-0.15, -0.1) is 0 Å². The molecule has 0 aromatic carbocycles. The van der Waals surface area contributed by atoms with E-state index in [1.54, 1.807) is 14.1 Å². The summed E-state index contributed by atoms with van der Waals surface area (Å²) in [6, 6.07) is -0.672. The van der Waals surface area contributed by atoms with E-state index in [1.807, 2.05) is 0 Å². The van der Waals surface area contributed by atoms with Gasteiger partial charge in [-0.05, 0) is 12.8 Å². The summed E-state index contributed by atoms with van der Waals surface area (Å²) in [7, 11) is 3.34. The fourth-order valence-corrected chi connectivity index (χ4v) is 2.56. The number of nitrogens with one attached hydrogen (secondary N) is 1. The average Bonchev–Trinajstić information content (AvgIpc) is 2.71. The van der Waals surface area contributed by atoms with E-state index < -0.39 is 6.04 Å². The van der Waals surface area contributed by atoms with E-state index in [0.29, 0.717) is 0 Å². The number of hydrogen-bond acceptors (Lipinski definition) is 3. The van der Waals surface area contributed by atoms with Crippen LogP contribution in [0, 0.1) is 5.92 Å². The number of likely N-dealkylation sites (N-methyl/N-ethyl adjacent to an activating group) is 1. The van der Waals surface area contributed by atoms with Crippen LogP contribution in [0.1, 0.15) is 26.2 Å². The topological polar surface area (TPSA) is 114 Å². The number of carbonyl (C=O) groups excluding carboxylic acids is 2. The van der Waals surface area contributed by atoms with Gasteiger partial charge in [0, 0.05) is 26.9 Å². The summed E-state index contributed by atoms with van der Waals surface area (Å²) in [6.07, 6.45) is 2.61. The minimum absolute atomic E-state index is 0.0239. The SMILES string of the molecule is CC(=O)NC(C(=O)N(C)C)[C@H]1CCC[C@@H]1N=C(N)N. The standard InChI is InChI=1S/C12H23N5O2/c1-7(18)15-10(11(19)17(2)3)8-5-4-6-9(8)16-12(13)14/h8-10H,4-6H2,1-3H3,(H,15,18)(H4,13,14,16)/t8-,9-,10?/m0/s1. The lowest BCUT2D eigenvalue weighted by atomic mass is 9.93. The number of amides is 2. The van der Waals surface area contributed by atoms with Crippen LogP contribution in [-0.4, -0.2) is 48.9 Å². The number of hydrogen-bond donors (Lipinski definition) is 3. The lowest BCUT2D eigenvalue weighted by Crippen LogP contribution is -2.51. The van der Waals surface area contributed by atoms with Crippen molar-refractivity contribution >= 4 is 17.8 Å². The summed E-state index contributed by atoms with van der Waals surface area (Å²) < 4.78 is 0. The van der Waals surface area contributed by atoms with Crippen molar-refractivity contribution in [1.29, 1.82) is 0 Å². The Bertz CT molecular complexity index is 376. The first-order chi connectivity index (χ1) is 8.82. The second kappa shape index (κ2) is 6.40. The summed E-state index contributed by atoms with van der Waals surface area (Å²) in [5.74, 6) is -0.384. The summed E-state index contributed by atoms with van der Waals surface area (Å²) in [5.41, 5.74) is 10.8. The molecule has 19 heavy (non-hydrogen) atoms. The second-order valence-electron chi connectivity index (χ2n) is 5.13. The molecule has 0 heterocycles. The Morgan fingerprint density at radius 1 is 1.32 bits per heavy atom. The van der Waals surface area contributed by atoms with Crippen molar-refractivity contribution in [3.63, 3.8) is 0 Å². The Labute approximate surface area is 113 Å². The minimum Gasteiger partial charge on any atom is -0.370 e. The summed E-state index contributed by atoms with van der Waals surface area (Å²) in [6.45, 7) is 1.40. The first-order valence-corrected chi connectivity index (χ1v) is 6.40. The van der Waals surface area contributed by atoms with Gasteiger partial charge < -0.3 is 21.7 Å². The predicted molar refractivity (Wildman–Crippen MR) is 73.2 cm³/mol. The van der Waals surface area contributed by atoms with Crippen LogP contribution in [0.3, 0.4) is 0 Å². The number of nitrogens with two attached hydrogens (primary N) is 2. The molecule has 1 rings (SSSR count). The molecule has 3 atom stereocenters. The molecule has 5 N–H and O–H groups in total. The number of nitrogens with zero attached hydrogens (tertiary/aromatic N) is 2. The average molecular weight is 269 g/mol. The van der Waals surface area contributed by atoms with E-state index in [9.17, 15) is 9.59 Å². The Morgan fingerprint density at radius 2 is 1.95 bits per heavy atom. The van der Waals surface area contributed by atoms with Crippen LogP contribution in [0.4, 0.5) is 0 Å². The molecular weight excluding hydrogens is 246 g/mol. The van der Waals surface area contributed by atoms with Gasteiger partial charge in [-0.2, -0.15) is 0 Å². The molecular formula is C12H23N5O2. The van der Waals surface area contributed by atoms with Gasteiger partial charge in [0.2, 0.25) is 11.8 Å². The molecule has 0 spiro atoms. The van der Waals surface area contributed by atoms with Crippen molar-refractivity contribution in [1.82, 2.24) is 10.2 Å². The van der Waals surface area contributed by atoms with Crippen LogP contribution in [0.25, 0.3) is 0 Å². The van der Waals surface area contributed by atoms with Crippen LogP contribution >= 0.6 is 0 Å². The first kappa shape index (κ1) is 15.3. The Balaban J connectivity index is 2.93. The number of guanidine groups is 1. The maximum Gasteiger partial charge on any atom is 0.245 e. The Hall–Kier alpha value is -1.79. The number of aliphatic imine (C=N–C) groups is 1. The number of carbonyl (C=O) groups is 2. The summed E-state index contributed by atoms with van der Waals surface area (Å²) in [5, 5.41) is 2.73. The van der Waals surface area contributed by atoms with Gasteiger partial charge in [-0.3, -0.25) is 9.59 Å². The van der Waals surface area contributed by atoms with Crippen molar-refractivity contribution in [3.8, 4) is 0 Å². The van der Waals surface area contributed by atoms with Crippen molar-refractivity contribution < 1.29 is 9.59 Å². The lowest BCUT2D eigenvalue weighted by Gasteiger charge is -2.28. The number of rotatable bonds is 4.